The second-order valence-electron chi connectivity index (χ2n) is 8.51. The van der Waals surface area contributed by atoms with Crippen LogP contribution in [0.2, 0.25) is 0 Å². The van der Waals surface area contributed by atoms with Gasteiger partial charge in [0, 0.05) is 5.69 Å². The van der Waals surface area contributed by atoms with E-state index in [0.29, 0.717) is 18.6 Å². The molecule has 0 saturated heterocycles. The maximum Gasteiger partial charge on any atom is 0.326 e. The number of amides is 2. The van der Waals surface area contributed by atoms with Crippen LogP contribution in [0.15, 0.2) is 42.5 Å². The molecule has 2 rings (SSSR count). The van der Waals surface area contributed by atoms with Gasteiger partial charge in [-0.2, -0.15) is 0 Å². The number of hydrogen-bond donors (Lipinski definition) is 3. The Morgan fingerprint density at radius 3 is 2.16 bits per heavy atom. The zero-order valence-electron chi connectivity index (χ0n) is 19.3. The summed E-state index contributed by atoms with van der Waals surface area (Å²) < 4.78 is 5.80. The van der Waals surface area contributed by atoms with Gasteiger partial charge < -0.3 is 20.5 Å². The van der Waals surface area contributed by atoms with E-state index >= 15 is 0 Å². The van der Waals surface area contributed by atoms with Crippen molar-refractivity contribution in [3.8, 4) is 5.75 Å². The molecule has 2 aromatic rings. The van der Waals surface area contributed by atoms with Gasteiger partial charge in [-0.25, -0.2) is 4.79 Å². The molecule has 7 nitrogen and oxygen atoms in total. The first-order valence-electron chi connectivity index (χ1n) is 10.7. The lowest BCUT2D eigenvalue weighted by atomic mass is 10.1. The molecule has 0 radical (unpaired) electrons. The van der Waals surface area contributed by atoms with Crippen LogP contribution >= 0.6 is 0 Å². The Hall–Kier alpha value is -3.35. The fourth-order valence-electron chi connectivity index (χ4n) is 3.33. The van der Waals surface area contributed by atoms with Crippen LogP contribution in [0, 0.1) is 13.8 Å². The predicted octanol–water partition coefficient (Wildman–Crippen LogP) is 4.01. The van der Waals surface area contributed by atoms with Crippen LogP contribution < -0.4 is 15.4 Å². The highest BCUT2D eigenvalue weighted by Gasteiger charge is 2.33. The number of aliphatic carboxylic acids is 1. The van der Waals surface area contributed by atoms with Crippen LogP contribution in [-0.2, 0) is 20.8 Å². The molecule has 7 heteroatoms. The maximum absolute atomic E-state index is 12.5. The minimum Gasteiger partial charge on any atom is -0.480 e. The Kier molecular flexibility index (Phi) is 8.41. The molecular weight excluding hydrogens is 408 g/mol. The SMILES string of the molecule is CCCC(NC(=O)C(C)(C)Oc1ccc(CC(=O)Nc2cc(C)cc(C)c2)cc1)C(=O)O. The first-order valence-corrected chi connectivity index (χ1v) is 10.7. The Morgan fingerprint density at radius 2 is 1.62 bits per heavy atom. The van der Waals surface area contributed by atoms with Gasteiger partial charge in [-0.05, 0) is 75.1 Å². The lowest BCUT2D eigenvalue weighted by Crippen LogP contribution is -2.52. The molecule has 0 aliphatic heterocycles. The Labute approximate surface area is 189 Å². The number of benzene rings is 2. The fourth-order valence-corrected chi connectivity index (χ4v) is 3.33. The van der Waals surface area contributed by atoms with Crippen molar-refractivity contribution in [1.82, 2.24) is 5.32 Å². The van der Waals surface area contributed by atoms with Gasteiger partial charge in [-0.15, -0.1) is 0 Å². The molecule has 0 aliphatic rings. The number of carbonyl (C=O) groups excluding carboxylic acids is 2. The molecular formula is C25H32N2O5. The second-order valence-corrected chi connectivity index (χ2v) is 8.51. The minimum atomic E-state index is -1.26. The lowest BCUT2D eigenvalue weighted by molar-refractivity contribution is -0.145. The van der Waals surface area contributed by atoms with Crippen molar-refractivity contribution >= 4 is 23.5 Å². The number of aryl methyl sites for hydroxylation is 2. The number of anilines is 1. The molecule has 2 aromatic carbocycles. The molecule has 32 heavy (non-hydrogen) atoms. The van der Waals surface area contributed by atoms with E-state index in [4.69, 9.17) is 4.74 Å². The molecule has 3 N–H and O–H groups in total. The molecule has 0 saturated carbocycles. The lowest BCUT2D eigenvalue weighted by Gasteiger charge is -2.27. The zero-order valence-corrected chi connectivity index (χ0v) is 19.3. The summed E-state index contributed by atoms with van der Waals surface area (Å²) in [6.07, 6.45) is 1.18. The highest BCUT2D eigenvalue weighted by atomic mass is 16.5. The third-order valence-electron chi connectivity index (χ3n) is 4.89. The number of hydrogen-bond acceptors (Lipinski definition) is 4. The van der Waals surface area contributed by atoms with Crippen molar-refractivity contribution in [1.29, 1.82) is 0 Å². The highest BCUT2D eigenvalue weighted by Crippen LogP contribution is 2.20. The molecule has 0 aromatic heterocycles. The first kappa shape index (κ1) is 24.9. The molecule has 0 spiro atoms. The summed E-state index contributed by atoms with van der Waals surface area (Å²) in [5, 5.41) is 14.7. The monoisotopic (exact) mass is 440 g/mol. The summed E-state index contributed by atoms with van der Waals surface area (Å²) in [4.78, 5) is 36.2. The van der Waals surface area contributed by atoms with Crippen molar-refractivity contribution < 1.29 is 24.2 Å². The third-order valence-corrected chi connectivity index (χ3v) is 4.89. The minimum absolute atomic E-state index is 0.126. The Morgan fingerprint density at radius 1 is 1.03 bits per heavy atom. The van der Waals surface area contributed by atoms with Crippen molar-refractivity contribution in [3.63, 3.8) is 0 Å². The van der Waals surface area contributed by atoms with E-state index in [0.717, 1.165) is 22.4 Å². The van der Waals surface area contributed by atoms with E-state index in [1.807, 2.05) is 39.0 Å². The quantitative estimate of drug-likeness (QED) is 0.518. The smallest absolute Gasteiger partial charge is 0.326 e. The molecule has 0 aliphatic carbocycles. The van der Waals surface area contributed by atoms with Gasteiger partial charge in [-0.3, -0.25) is 9.59 Å². The van der Waals surface area contributed by atoms with Crippen molar-refractivity contribution in [3.05, 3.63) is 59.2 Å². The molecule has 1 unspecified atom stereocenters. The van der Waals surface area contributed by atoms with Gasteiger partial charge in [0.25, 0.3) is 5.91 Å². The summed E-state index contributed by atoms with van der Waals surface area (Å²) in [7, 11) is 0. The van der Waals surface area contributed by atoms with E-state index in [2.05, 4.69) is 10.6 Å². The standard InChI is InChI=1S/C25H32N2O5/c1-6-7-21(23(29)30)27-24(31)25(4,5)32-20-10-8-18(9-11-20)15-22(28)26-19-13-16(2)12-17(3)14-19/h8-14,21H,6-7,15H2,1-5H3,(H,26,28)(H,27,31)(H,29,30). The third kappa shape index (κ3) is 7.41. The molecule has 2 amide bonds. The largest absolute Gasteiger partial charge is 0.480 e. The van der Waals surface area contributed by atoms with E-state index in [1.165, 1.54) is 0 Å². The summed E-state index contributed by atoms with van der Waals surface area (Å²) in [6, 6.07) is 11.8. The van der Waals surface area contributed by atoms with E-state index in [1.54, 1.807) is 38.1 Å². The average molecular weight is 441 g/mol. The number of ether oxygens (including phenoxy) is 1. The van der Waals surface area contributed by atoms with Gasteiger partial charge in [0.2, 0.25) is 5.91 Å². The van der Waals surface area contributed by atoms with Gasteiger partial charge in [-0.1, -0.05) is 31.5 Å². The average Bonchev–Trinajstić information content (AvgIpc) is 2.67. The van der Waals surface area contributed by atoms with Crippen molar-refractivity contribution in [2.75, 3.05) is 5.32 Å². The van der Waals surface area contributed by atoms with Crippen LogP contribution in [0.5, 0.6) is 5.75 Å². The van der Waals surface area contributed by atoms with Crippen LogP contribution in [0.3, 0.4) is 0 Å². The molecule has 0 heterocycles. The van der Waals surface area contributed by atoms with Crippen LogP contribution in [0.25, 0.3) is 0 Å². The van der Waals surface area contributed by atoms with Gasteiger partial charge in [0.1, 0.15) is 11.8 Å². The van der Waals surface area contributed by atoms with Crippen LogP contribution in [-0.4, -0.2) is 34.5 Å². The van der Waals surface area contributed by atoms with Gasteiger partial charge in [0.05, 0.1) is 6.42 Å². The highest BCUT2D eigenvalue weighted by molar-refractivity contribution is 5.92. The van der Waals surface area contributed by atoms with Crippen LogP contribution in [0.4, 0.5) is 5.69 Å². The van der Waals surface area contributed by atoms with Gasteiger partial charge in [0.15, 0.2) is 5.60 Å². The molecule has 172 valence electrons. The topological polar surface area (TPSA) is 105 Å². The van der Waals surface area contributed by atoms with E-state index in [9.17, 15) is 19.5 Å². The van der Waals surface area contributed by atoms with Crippen molar-refractivity contribution in [2.24, 2.45) is 0 Å². The second kappa shape index (κ2) is 10.8. The number of rotatable bonds is 10. The molecule has 0 fully saturated rings. The maximum atomic E-state index is 12.5. The fraction of sp³-hybridized carbons (Fsp3) is 0.400. The van der Waals surface area contributed by atoms with Crippen molar-refractivity contribution in [2.45, 2.75) is 65.5 Å². The van der Waals surface area contributed by atoms with Crippen LogP contribution in [0.1, 0.15) is 50.3 Å². The zero-order chi connectivity index (χ0) is 23.9. The first-order chi connectivity index (χ1) is 15.0. The molecule has 0 bridgehead atoms. The Balaban J connectivity index is 1.96. The number of carboxylic acid groups (broad SMARTS) is 1. The summed E-state index contributed by atoms with van der Waals surface area (Å²) in [5.74, 6) is -1.25. The number of carbonyl (C=O) groups is 3. The normalized spacial score (nSPS) is 12.0. The Bertz CT molecular complexity index is 947. The number of nitrogens with one attached hydrogen (secondary N) is 2. The van der Waals surface area contributed by atoms with Gasteiger partial charge >= 0.3 is 5.97 Å². The van der Waals surface area contributed by atoms with E-state index in [-0.39, 0.29) is 12.3 Å². The number of carboxylic acids is 1. The van der Waals surface area contributed by atoms with E-state index < -0.39 is 23.5 Å². The summed E-state index contributed by atoms with van der Waals surface area (Å²) >= 11 is 0. The molecule has 1 atom stereocenters. The summed E-state index contributed by atoms with van der Waals surface area (Å²) in [6.45, 7) is 8.98. The summed E-state index contributed by atoms with van der Waals surface area (Å²) in [5.41, 5.74) is 2.47. The predicted molar refractivity (Wildman–Crippen MR) is 124 cm³/mol.